The topological polar surface area (TPSA) is 37.8 Å². The van der Waals surface area contributed by atoms with E-state index in [1.165, 1.54) is 0 Å². The van der Waals surface area contributed by atoms with Crippen LogP contribution in [0.5, 0.6) is 0 Å². The molecule has 0 fully saturated rings. The van der Waals surface area contributed by atoms with Gasteiger partial charge in [-0.15, -0.1) is 11.3 Å². The van der Waals surface area contributed by atoms with Crippen LogP contribution in [0.3, 0.4) is 0 Å². The van der Waals surface area contributed by atoms with Gasteiger partial charge < -0.3 is 5.32 Å². The molecule has 1 atom stereocenters. The molecule has 0 saturated carbocycles. The molecule has 0 spiro atoms. The van der Waals surface area contributed by atoms with Crippen LogP contribution in [0.1, 0.15) is 32.0 Å². The van der Waals surface area contributed by atoms with Gasteiger partial charge in [-0.05, 0) is 32.0 Å². The summed E-state index contributed by atoms with van der Waals surface area (Å²) in [6.07, 6.45) is 1.13. The number of para-hydroxylation sites is 1. The van der Waals surface area contributed by atoms with Crippen LogP contribution in [0, 0.1) is 0 Å². The summed E-state index contributed by atoms with van der Waals surface area (Å²) in [6.45, 7) is 5.34. The van der Waals surface area contributed by atoms with Crippen molar-refractivity contribution in [2.24, 2.45) is 0 Å². The lowest BCUT2D eigenvalue weighted by Crippen LogP contribution is -2.19. The number of nitrogens with zero attached hydrogens (tertiary/aromatic N) is 2. The van der Waals surface area contributed by atoms with Gasteiger partial charge in [-0.1, -0.05) is 31.2 Å². The van der Waals surface area contributed by atoms with Crippen LogP contribution in [-0.2, 0) is 0 Å². The summed E-state index contributed by atoms with van der Waals surface area (Å²) in [6, 6.07) is 12.6. The standard InChI is InChI=1S/C17H19N3S/c1-3-10-18-12(2)16-11-21-17(20-16)15-9-8-13-6-4-5-7-14(13)19-15/h4-9,11-12,18H,3,10H2,1-2H3. The Kier molecular flexibility index (Phi) is 4.27. The molecule has 2 heterocycles. The minimum atomic E-state index is 0.287. The van der Waals surface area contributed by atoms with Gasteiger partial charge in [0.1, 0.15) is 5.01 Å². The summed E-state index contributed by atoms with van der Waals surface area (Å²) in [5.74, 6) is 0. The van der Waals surface area contributed by atoms with Crippen LogP contribution in [0.2, 0.25) is 0 Å². The molecule has 0 aliphatic rings. The fraction of sp³-hybridized carbons (Fsp3) is 0.294. The molecule has 3 nitrogen and oxygen atoms in total. The number of fused-ring (bicyclic) bond motifs is 1. The second-order valence-electron chi connectivity index (χ2n) is 5.14. The Hall–Kier alpha value is -1.78. The second kappa shape index (κ2) is 6.33. The molecule has 108 valence electrons. The Labute approximate surface area is 129 Å². The molecule has 1 N–H and O–H groups in total. The van der Waals surface area contributed by atoms with Crippen LogP contribution in [-0.4, -0.2) is 16.5 Å². The molecule has 3 aromatic rings. The van der Waals surface area contributed by atoms with Crippen molar-refractivity contribution in [3.05, 3.63) is 47.5 Å². The maximum absolute atomic E-state index is 4.73. The Morgan fingerprint density at radius 1 is 1.14 bits per heavy atom. The summed E-state index contributed by atoms with van der Waals surface area (Å²) in [4.78, 5) is 9.44. The van der Waals surface area contributed by atoms with E-state index >= 15 is 0 Å². The van der Waals surface area contributed by atoms with Crippen molar-refractivity contribution >= 4 is 22.2 Å². The lowest BCUT2D eigenvalue weighted by atomic mass is 10.2. The quantitative estimate of drug-likeness (QED) is 0.757. The van der Waals surface area contributed by atoms with Crippen molar-refractivity contribution in [1.29, 1.82) is 0 Å². The third-order valence-electron chi connectivity index (χ3n) is 3.48. The maximum atomic E-state index is 4.73. The summed E-state index contributed by atoms with van der Waals surface area (Å²) in [5.41, 5.74) is 3.06. The molecule has 0 amide bonds. The first-order valence-corrected chi connectivity index (χ1v) is 8.21. The fourth-order valence-corrected chi connectivity index (χ4v) is 3.13. The Balaban J connectivity index is 1.87. The summed E-state index contributed by atoms with van der Waals surface area (Å²) >= 11 is 1.66. The van der Waals surface area contributed by atoms with Gasteiger partial charge in [0.2, 0.25) is 0 Å². The first-order valence-electron chi connectivity index (χ1n) is 7.33. The first kappa shape index (κ1) is 14.2. The Morgan fingerprint density at radius 2 is 2.00 bits per heavy atom. The monoisotopic (exact) mass is 297 g/mol. The predicted octanol–water partition coefficient (Wildman–Crippen LogP) is 4.42. The number of hydrogen-bond acceptors (Lipinski definition) is 4. The highest BCUT2D eigenvalue weighted by molar-refractivity contribution is 7.13. The molecule has 0 bridgehead atoms. The fourth-order valence-electron chi connectivity index (χ4n) is 2.25. The van der Waals surface area contributed by atoms with Crippen LogP contribution >= 0.6 is 11.3 Å². The van der Waals surface area contributed by atoms with E-state index in [1.807, 2.05) is 18.2 Å². The average Bonchev–Trinajstić information content (AvgIpc) is 3.02. The smallest absolute Gasteiger partial charge is 0.142 e. The van der Waals surface area contributed by atoms with Crippen LogP contribution in [0.4, 0.5) is 0 Å². The molecule has 0 aliphatic carbocycles. The van der Waals surface area contributed by atoms with Crippen molar-refractivity contribution in [2.75, 3.05) is 6.54 Å². The van der Waals surface area contributed by atoms with Crippen molar-refractivity contribution in [3.8, 4) is 10.7 Å². The normalized spacial score (nSPS) is 12.7. The Bertz CT molecular complexity index is 735. The predicted molar refractivity (Wildman–Crippen MR) is 89.6 cm³/mol. The molecular formula is C17H19N3S. The molecule has 0 aliphatic heterocycles. The highest BCUT2D eigenvalue weighted by Crippen LogP contribution is 2.26. The number of benzene rings is 1. The first-order chi connectivity index (χ1) is 10.3. The zero-order valence-corrected chi connectivity index (χ0v) is 13.2. The van der Waals surface area contributed by atoms with E-state index in [0.29, 0.717) is 0 Å². The van der Waals surface area contributed by atoms with Gasteiger partial charge in [0.05, 0.1) is 16.9 Å². The summed E-state index contributed by atoms with van der Waals surface area (Å²) in [5, 5.41) is 7.74. The summed E-state index contributed by atoms with van der Waals surface area (Å²) < 4.78 is 0. The van der Waals surface area contributed by atoms with Crippen LogP contribution in [0.25, 0.3) is 21.6 Å². The number of thiazole rings is 1. The number of rotatable bonds is 5. The van der Waals surface area contributed by atoms with E-state index in [2.05, 4.69) is 42.7 Å². The molecule has 3 rings (SSSR count). The number of nitrogens with one attached hydrogen (secondary N) is 1. The molecule has 4 heteroatoms. The summed E-state index contributed by atoms with van der Waals surface area (Å²) in [7, 11) is 0. The zero-order chi connectivity index (χ0) is 14.7. The molecular weight excluding hydrogens is 278 g/mol. The second-order valence-corrected chi connectivity index (χ2v) is 6.00. The van der Waals surface area contributed by atoms with Gasteiger partial charge in [0.25, 0.3) is 0 Å². The molecule has 21 heavy (non-hydrogen) atoms. The van der Waals surface area contributed by atoms with Crippen molar-refractivity contribution in [3.63, 3.8) is 0 Å². The Morgan fingerprint density at radius 3 is 2.86 bits per heavy atom. The lowest BCUT2D eigenvalue weighted by molar-refractivity contribution is 0.561. The van der Waals surface area contributed by atoms with E-state index < -0.39 is 0 Å². The van der Waals surface area contributed by atoms with Gasteiger partial charge in [0.15, 0.2) is 0 Å². The highest BCUT2D eigenvalue weighted by atomic mass is 32.1. The number of hydrogen-bond donors (Lipinski definition) is 1. The maximum Gasteiger partial charge on any atom is 0.142 e. The van der Waals surface area contributed by atoms with Crippen molar-refractivity contribution in [2.45, 2.75) is 26.3 Å². The van der Waals surface area contributed by atoms with Gasteiger partial charge >= 0.3 is 0 Å². The highest BCUT2D eigenvalue weighted by Gasteiger charge is 2.11. The van der Waals surface area contributed by atoms with E-state index in [0.717, 1.165) is 40.3 Å². The van der Waals surface area contributed by atoms with Gasteiger partial charge in [-0.3, -0.25) is 0 Å². The molecule has 0 radical (unpaired) electrons. The SMILES string of the molecule is CCCNC(C)c1csc(-c2ccc3ccccc3n2)n1. The molecule has 0 saturated heterocycles. The third kappa shape index (κ3) is 3.12. The van der Waals surface area contributed by atoms with Crippen molar-refractivity contribution < 1.29 is 0 Å². The van der Waals surface area contributed by atoms with Crippen LogP contribution in [0.15, 0.2) is 41.8 Å². The van der Waals surface area contributed by atoms with Crippen molar-refractivity contribution in [1.82, 2.24) is 15.3 Å². The largest absolute Gasteiger partial charge is 0.309 e. The number of pyridine rings is 1. The van der Waals surface area contributed by atoms with E-state index in [-0.39, 0.29) is 6.04 Å². The molecule has 1 aromatic carbocycles. The van der Waals surface area contributed by atoms with E-state index in [4.69, 9.17) is 9.97 Å². The molecule has 1 unspecified atom stereocenters. The van der Waals surface area contributed by atoms with Gasteiger partial charge in [-0.25, -0.2) is 9.97 Å². The zero-order valence-electron chi connectivity index (χ0n) is 12.3. The van der Waals surface area contributed by atoms with Gasteiger partial charge in [-0.2, -0.15) is 0 Å². The third-order valence-corrected chi connectivity index (χ3v) is 4.37. The van der Waals surface area contributed by atoms with Gasteiger partial charge in [0, 0.05) is 16.8 Å². The van der Waals surface area contributed by atoms with E-state index in [1.54, 1.807) is 11.3 Å². The minimum Gasteiger partial charge on any atom is -0.309 e. The lowest BCUT2D eigenvalue weighted by Gasteiger charge is -2.09. The van der Waals surface area contributed by atoms with E-state index in [9.17, 15) is 0 Å². The minimum absolute atomic E-state index is 0.287. The number of aromatic nitrogens is 2. The average molecular weight is 297 g/mol. The molecule has 2 aromatic heterocycles. The van der Waals surface area contributed by atoms with Crippen LogP contribution < -0.4 is 5.32 Å².